The number of aromatic nitrogens is 5. The molecule has 0 spiro atoms. The predicted octanol–water partition coefficient (Wildman–Crippen LogP) is 3.59. The van der Waals surface area contributed by atoms with Crippen LogP contribution in [0.2, 0.25) is 0 Å². The smallest absolute Gasteiger partial charge is 0.284 e. The molecular weight excluding hydrogens is 542 g/mol. The number of pyridine rings is 1. The summed E-state index contributed by atoms with van der Waals surface area (Å²) in [4.78, 5) is 45.1. The second-order valence-electron chi connectivity index (χ2n) is 10.6. The summed E-state index contributed by atoms with van der Waals surface area (Å²) < 4.78 is 3.16. The van der Waals surface area contributed by atoms with Gasteiger partial charge in [0.25, 0.3) is 11.5 Å². The average Bonchev–Trinajstić information content (AvgIpc) is 3.25. The van der Waals surface area contributed by atoms with Crippen molar-refractivity contribution in [3.05, 3.63) is 101 Å². The van der Waals surface area contributed by atoms with Gasteiger partial charge in [-0.1, -0.05) is 36.4 Å². The molecule has 11 nitrogen and oxygen atoms in total. The van der Waals surface area contributed by atoms with Crippen molar-refractivity contribution in [2.75, 3.05) is 49.2 Å². The summed E-state index contributed by atoms with van der Waals surface area (Å²) in [6.07, 6.45) is 1.63. The number of nitrogens with zero attached hydrogens (tertiary/aromatic N) is 7. The molecule has 5 aromatic rings. The van der Waals surface area contributed by atoms with Crippen molar-refractivity contribution in [1.29, 1.82) is 0 Å². The van der Waals surface area contributed by atoms with Crippen LogP contribution in [-0.4, -0.2) is 68.3 Å². The minimum atomic E-state index is -0.479. The minimum absolute atomic E-state index is 0.0875. The van der Waals surface area contributed by atoms with E-state index in [2.05, 4.69) is 27.1 Å². The van der Waals surface area contributed by atoms with Crippen molar-refractivity contribution >= 4 is 23.2 Å². The summed E-state index contributed by atoms with van der Waals surface area (Å²) in [6.45, 7) is 5.57. The lowest BCUT2D eigenvalue weighted by atomic mass is 10.1. The largest absolute Gasteiger partial charge is 0.382 e. The van der Waals surface area contributed by atoms with E-state index in [-0.39, 0.29) is 16.9 Å². The predicted molar refractivity (Wildman–Crippen MR) is 169 cm³/mol. The zero-order valence-electron chi connectivity index (χ0n) is 24.4. The Morgan fingerprint density at radius 1 is 0.860 bits per heavy atom. The third-order valence-corrected chi connectivity index (χ3v) is 7.82. The molecule has 1 fully saturated rings. The summed E-state index contributed by atoms with van der Waals surface area (Å²) in [7, 11) is 3.88. The molecule has 6 rings (SSSR count). The first-order valence-electron chi connectivity index (χ1n) is 14.1. The van der Waals surface area contributed by atoms with E-state index in [0.29, 0.717) is 34.2 Å². The number of carbonyl (C=O) groups excluding carboxylic acids is 1. The molecule has 1 aliphatic rings. The highest BCUT2D eigenvalue weighted by molar-refractivity contribution is 6.05. The van der Waals surface area contributed by atoms with Crippen LogP contribution < -0.4 is 21.5 Å². The van der Waals surface area contributed by atoms with Gasteiger partial charge in [0.1, 0.15) is 28.6 Å². The van der Waals surface area contributed by atoms with E-state index < -0.39 is 5.91 Å². The van der Waals surface area contributed by atoms with E-state index in [1.165, 1.54) is 4.68 Å². The highest BCUT2D eigenvalue weighted by Gasteiger charge is 2.22. The van der Waals surface area contributed by atoms with Gasteiger partial charge in [-0.3, -0.25) is 14.3 Å². The Balaban J connectivity index is 1.22. The summed E-state index contributed by atoms with van der Waals surface area (Å²) in [5.74, 6) is 0.723. The van der Waals surface area contributed by atoms with Crippen molar-refractivity contribution in [2.45, 2.75) is 6.92 Å². The van der Waals surface area contributed by atoms with Gasteiger partial charge >= 0.3 is 0 Å². The number of nitrogens with one attached hydrogen (secondary N) is 1. The van der Waals surface area contributed by atoms with Crippen molar-refractivity contribution in [1.82, 2.24) is 29.2 Å². The zero-order chi connectivity index (χ0) is 30.1. The van der Waals surface area contributed by atoms with Gasteiger partial charge in [-0.2, -0.15) is 0 Å². The average molecular weight is 576 g/mol. The maximum absolute atomic E-state index is 13.2. The molecule has 0 bridgehead atoms. The Hall–Kier alpha value is -5.29. The van der Waals surface area contributed by atoms with Gasteiger partial charge < -0.3 is 20.9 Å². The molecule has 43 heavy (non-hydrogen) atoms. The summed E-state index contributed by atoms with van der Waals surface area (Å²) in [6, 6.07) is 22.3. The standard InChI is InChI=1S/C32H33N9O2/c1-21-28(32(43)41(39(21)3)24-8-5-4-6-9-24)31(42)35-23-14-12-22(13-15-23)29-30(33)34-20-26(37-29)25-10-7-11-27(36-25)40-18-16-38(2)17-19-40/h4-15,20H,16-19H2,1-3H3,(H2,33,34)(H,35,42). The molecule has 1 aliphatic heterocycles. The third kappa shape index (κ3) is 5.50. The molecular formula is C32H33N9O2. The van der Waals surface area contributed by atoms with Crippen LogP contribution in [0.1, 0.15) is 16.1 Å². The number of likely N-dealkylation sites (N-methyl/N-ethyl adjacent to an activating group) is 1. The number of rotatable bonds is 6. The van der Waals surface area contributed by atoms with Gasteiger partial charge in [-0.15, -0.1) is 0 Å². The maximum Gasteiger partial charge on any atom is 0.284 e. The summed E-state index contributed by atoms with van der Waals surface area (Å²) in [5, 5.41) is 2.85. The molecule has 0 atom stereocenters. The Morgan fingerprint density at radius 3 is 2.30 bits per heavy atom. The molecule has 0 radical (unpaired) electrons. The van der Waals surface area contributed by atoms with E-state index in [1.807, 2.05) is 60.7 Å². The fraction of sp³-hybridized carbons (Fsp3) is 0.219. The lowest BCUT2D eigenvalue weighted by molar-refractivity contribution is 0.102. The van der Waals surface area contributed by atoms with Crippen LogP contribution in [0.4, 0.5) is 17.3 Å². The molecule has 1 saturated heterocycles. The number of nitrogen functional groups attached to an aromatic ring is 1. The Bertz CT molecular complexity index is 1840. The number of hydrogen-bond donors (Lipinski definition) is 2. The lowest BCUT2D eigenvalue weighted by Gasteiger charge is -2.33. The van der Waals surface area contributed by atoms with E-state index in [9.17, 15) is 9.59 Å². The lowest BCUT2D eigenvalue weighted by Crippen LogP contribution is -2.44. The van der Waals surface area contributed by atoms with Crippen LogP contribution >= 0.6 is 0 Å². The number of para-hydroxylation sites is 1. The quantitative estimate of drug-likeness (QED) is 0.315. The number of benzene rings is 2. The van der Waals surface area contributed by atoms with E-state index in [1.54, 1.807) is 37.0 Å². The minimum Gasteiger partial charge on any atom is -0.382 e. The van der Waals surface area contributed by atoms with Crippen LogP contribution in [-0.2, 0) is 7.05 Å². The van der Waals surface area contributed by atoms with Gasteiger partial charge in [0.15, 0.2) is 0 Å². The molecule has 0 unspecified atom stereocenters. The summed E-state index contributed by atoms with van der Waals surface area (Å²) in [5.41, 5.74) is 10.3. The van der Waals surface area contributed by atoms with E-state index >= 15 is 0 Å². The van der Waals surface area contributed by atoms with Crippen molar-refractivity contribution in [3.63, 3.8) is 0 Å². The topological polar surface area (TPSA) is 127 Å². The van der Waals surface area contributed by atoms with Crippen LogP contribution in [0.15, 0.2) is 83.8 Å². The van der Waals surface area contributed by atoms with Gasteiger partial charge in [0.2, 0.25) is 0 Å². The SMILES string of the molecule is Cc1c(C(=O)Nc2ccc(-c3nc(-c4cccc(N5CCN(C)CC5)n4)cnc3N)cc2)c(=O)n(-c2ccccc2)n1C. The molecule has 3 aromatic heterocycles. The van der Waals surface area contributed by atoms with Gasteiger partial charge in [-0.25, -0.2) is 19.6 Å². The van der Waals surface area contributed by atoms with Crippen molar-refractivity contribution < 1.29 is 4.79 Å². The van der Waals surface area contributed by atoms with Crippen LogP contribution in [0.5, 0.6) is 0 Å². The molecule has 4 heterocycles. The highest BCUT2D eigenvalue weighted by atomic mass is 16.2. The number of nitrogens with two attached hydrogens (primary N) is 1. The van der Waals surface area contributed by atoms with Gasteiger partial charge in [-0.05, 0) is 50.4 Å². The first-order valence-corrected chi connectivity index (χ1v) is 14.1. The number of piperazine rings is 1. The van der Waals surface area contributed by atoms with E-state index in [4.69, 9.17) is 15.7 Å². The number of amides is 1. The van der Waals surface area contributed by atoms with Gasteiger partial charge in [0.05, 0.1) is 23.3 Å². The molecule has 2 aromatic carbocycles. The fourth-order valence-electron chi connectivity index (χ4n) is 5.25. The summed E-state index contributed by atoms with van der Waals surface area (Å²) >= 11 is 0. The molecule has 0 saturated carbocycles. The normalized spacial score (nSPS) is 13.7. The molecule has 11 heteroatoms. The number of anilines is 3. The third-order valence-electron chi connectivity index (χ3n) is 7.82. The Morgan fingerprint density at radius 2 is 1.58 bits per heavy atom. The van der Waals surface area contributed by atoms with Crippen molar-refractivity contribution in [2.24, 2.45) is 7.05 Å². The first-order chi connectivity index (χ1) is 20.8. The van der Waals surface area contributed by atoms with Crippen LogP contribution in [0, 0.1) is 6.92 Å². The highest BCUT2D eigenvalue weighted by Crippen LogP contribution is 2.28. The molecule has 0 aliphatic carbocycles. The molecule has 1 amide bonds. The zero-order valence-corrected chi connectivity index (χ0v) is 24.4. The van der Waals surface area contributed by atoms with E-state index in [0.717, 1.165) is 37.6 Å². The molecule has 218 valence electrons. The molecule has 3 N–H and O–H groups in total. The fourth-order valence-corrected chi connectivity index (χ4v) is 5.25. The Labute approximate surface area is 249 Å². The number of carbonyl (C=O) groups is 1. The maximum atomic E-state index is 13.2. The Kier molecular flexibility index (Phi) is 7.47. The second kappa shape index (κ2) is 11.5. The second-order valence-corrected chi connectivity index (χ2v) is 10.6. The van der Waals surface area contributed by atoms with Crippen LogP contribution in [0.3, 0.4) is 0 Å². The van der Waals surface area contributed by atoms with Crippen molar-refractivity contribution in [3.8, 4) is 28.3 Å². The van der Waals surface area contributed by atoms with Gasteiger partial charge in [0, 0.05) is 44.5 Å². The monoisotopic (exact) mass is 575 g/mol. The van der Waals surface area contributed by atoms with Crippen LogP contribution in [0.25, 0.3) is 28.3 Å². The first kappa shape index (κ1) is 27.9. The number of hydrogen-bond acceptors (Lipinski definition) is 8.